The number of alkyl halides is 3. The van der Waals surface area contributed by atoms with Gasteiger partial charge in [0.2, 0.25) is 0 Å². The summed E-state index contributed by atoms with van der Waals surface area (Å²) in [6.07, 6.45) is -3.66. The number of rotatable bonds is 3. The molecule has 0 heterocycles. The lowest BCUT2D eigenvalue weighted by Crippen LogP contribution is -2.05. The molecule has 0 saturated carbocycles. The van der Waals surface area contributed by atoms with Gasteiger partial charge in [-0.1, -0.05) is 40.5 Å². The molecule has 0 N–H and O–H groups in total. The van der Waals surface area contributed by atoms with Gasteiger partial charge in [-0.05, 0) is 42.3 Å². The third-order valence-corrected chi connectivity index (χ3v) is 3.95. The highest BCUT2D eigenvalue weighted by Crippen LogP contribution is 2.38. The zero-order valence-corrected chi connectivity index (χ0v) is 13.3. The highest BCUT2D eigenvalue weighted by Gasteiger charge is 2.33. The summed E-state index contributed by atoms with van der Waals surface area (Å²) in [6, 6.07) is 8.77. The zero-order chi connectivity index (χ0) is 15.6. The quantitative estimate of drug-likeness (QED) is 0.593. The molecule has 0 amide bonds. The summed E-state index contributed by atoms with van der Waals surface area (Å²) in [5, 5.41) is -0.350. The summed E-state index contributed by atoms with van der Waals surface area (Å²) in [7, 11) is 0. The van der Waals surface area contributed by atoms with Crippen molar-refractivity contribution in [3.8, 4) is 11.5 Å². The van der Waals surface area contributed by atoms with Gasteiger partial charge in [0.25, 0.3) is 0 Å². The lowest BCUT2D eigenvalue weighted by Gasteiger charge is -2.12. The second-order valence-electron chi connectivity index (χ2n) is 4.35. The Balaban J connectivity index is 2.30. The Morgan fingerprint density at radius 2 is 1.71 bits per heavy atom. The molecule has 0 aliphatic rings. The topological polar surface area (TPSA) is 9.23 Å². The molecule has 0 unspecified atom stereocenters. The third kappa shape index (κ3) is 3.92. The minimum absolute atomic E-state index is 0.0860. The molecule has 1 nitrogen and oxygen atoms in total. The molecule has 6 heteroatoms. The van der Waals surface area contributed by atoms with Crippen LogP contribution in [0, 0.1) is 0 Å². The molecule has 0 aromatic heterocycles. The molecule has 0 atom stereocenters. The molecule has 21 heavy (non-hydrogen) atoms. The van der Waals surface area contributed by atoms with E-state index in [2.05, 4.69) is 15.9 Å². The number of hydrogen-bond donors (Lipinski definition) is 0. The second kappa shape index (κ2) is 6.28. The highest BCUT2D eigenvalue weighted by molar-refractivity contribution is 9.10. The van der Waals surface area contributed by atoms with E-state index in [9.17, 15) is 13.2 Å². The Kier molecular flexibility index (Phi) is 4.84. The number of hydrogen-bond acceptors (Lipinski definition) is 1. The molecule has 0 fully saturated rings. The van der Waals surface area contributed by atoms with Gasteiger partial charge in [-0.3, -0.25) is 0 Å². The summed E-state index contributed by atoms with van der Waals surface area (Å²) < 4.78 is 44.7. The maximum Gasteiger partial charge on any atom is 0.417 e. The molecular weight excluding hydrogens is 369 g/mol. The molecule has 0 spiro atoms. The molecule has 0 aliphatic heterocycles. The van der Waals surface area contributed by atoms with Gasteiger partial charge in [-0.15, -0.1) is 0 Å². The summed E-state index contributed by atoms with van der Waals surface area (Å²) in [6.45, 7) is 2.01. The summed E-state index contributed by atoms with van der Waals surface area (Å²) >= 11 is 8.96. The fraction of sp³-hybridized carbons (Fsp3) is 0.200. The Bertz CT molecular complexity index is 656. The van der Waals surface area contributed by atoms with Gasteiger partial charge < -0.3 is 4.74 Å². The number of ether oxygens (including phenoxy) is 1. The Morgan fingerprint density at radius 3 is 2.29 bits per heavy atom. The van der Waals surface area contributed by atoms with Crippen molar-refractivity contribution >= 4 is 27.5 Å². The van der Waals surface area contributed by atoms with Crippen LogP contribution in [-0.2, 0) is 12.6 Å². The van der Waals surface area contributed by atoms with Crippen LogP contribution in [0.2, 0.25) is 5.02 Å². The van der Waals surface area contributed by atoms with Gasteiger partial charge in [0, 0.05) is 4.47 Å². The Labute approximate surface area is 133 Å². The summed E-state index contributed by atoms with van der Waals surface area (Å²) in [5.41, 5.74) is 0.181. The van der Waals surface area contributed by atoms with Gasteiger partial charge in [-0.25, -0.2) is 0 Å². The molecule has 0 bridgehead atoms. The molecular formula is C15H11BrClF3O. The monoisotopic (exact) mass is 378 g/mol. The van der Waals surface area contributed by atoms with E-state index < -0.39 is 11.7 Å². The van der Waals surface area contributed by atoms with Crippen molar-refractivity contribution in [3.05, 3.63) is 57.0 Å². The van der Waals surface area contributed by atoms with Gasteiger partial charge in [0.05, 0.1) is 10.6 Å². The molecule has 0 radical (unpaired) electrons. The average molecular weight is 380 g/mol. The maximum absolute atomic E-state index is 12.8. The largest absolute Gasteiger partial charge is 0.457 e. The highest BCUT2D eigenvalue weighted by atomic mass is 79.9. The Morgan fingerprint density at radius 1 is 1.10 bits per heavy atom. The summed E-state index contributed by atoms with van der Waals surface area (Å²) in [4.78, 5) is 0. The van der Waals surface area contributed by atoms with Crippen LogP contribution in [0.3, 0.4) is 0 Å². The molecule has 0 saturated heterocycles. The predicted octanol–water partition coefficient (Wildman–Crippen LogP) is 6.48. The van der Waals surface area contributed by atoms with Crippen LogP contribution in [0.5, 0.6) is 11.5 Å². The van der Waals surface area contributed by atoms with Gasteiger partial charge in [0.1, 0.15) is 11.5 Å². The SMILES string of the molecule is CCc1ccc(Oc2ccc(Cl)c(C(F)(F)F)c2)cc1Br. The fourth-order valence-corrected chi connectivity index (χ4v) is 2.66. The van der Waals surface area contributed by atoms with Crippen molar-refractivity contribution in [2.45, 2.75) is 19.5 Å². The van der Waals surface area contributed by atoms with Crippen LogP contribution in [-0.4, -0.2) is 0 Å². The smallest absolute Gasteiger partial charge is 0.417 e. The number of aryl methyl sites for hydroxylation is 1. The van der Waals surface area contributed by atoms with Crippen molar-refractivity contribution in [2.24, 2.45) is 0 Å². The second-order valence-corrected chi connectivity index (χ2v) is 5.61. The predicted molar refractivity (Wildman–Crippen MR) is 80.0 cm³/mol. The molecule has 2 rings (SSSR count). The van der Waals surface area contributed by atoms with Crippen molar-refractivity contribution in [1.82, 2.24) is 0 Å². The van der Waals surface area contributed by atoms with Gasteiger partial charge in [-0.2, -0.15) is 13.2 Å². The van der Waals surface area contributed by atoms with E-state index in [1.54, 1.807) is 12.1 Å². The number of halogens is 5. The van der Waals surface area contributed by atoms with Crippen LogP contribution in [0.1, 0.15) is 18.1 Å². The van der Waals surface area contributed by atoms with Crippen LogP contribution in [0.25, 0.3) is 0 Å². The molecule has 2 aromatic carbocycles. The third-order valence-electron chi connectivity index (χ3n) is 2.88. The van der Waals surface area contributed by atoms with E-state index in [1.807, 2.05) is 13.0 Å². The Hall–Kier alpha value is -1.20. The van der Waals surface area contributed by atoms with Gasteiger partial charge in [0.15, 0.2) is 0 Å². The lowest BCUT2D eigenvalue weighted by atomic mass is 10.1. The first kappa shape index (κ1) is 16.2. The first-order valence-electron chi connectivity index (χ1n) is 6.14. The van der Waals surface area contributed by atoms with Gasteiger partial charge >= 0.3 is 6.18 Å². The molecule has 0 aliphatic carbocycles. The van der Waals surface area contributed by atoms with Crippen molar-refractivity contribution in [2.75, 3.05) is 0 Å². The van der Waals surface area contributed by atoms with E-state index in [4.69, 9.17) is 16.3 Å². The van der Waals surface area contributed by atoms with Crippen LogP contribution in [0.4, 0.5) is 13.2 Å². The van der Waals surface area contributed by atoms with Crippen molar-refractivity contribution in [3.63, 3.8) is 0 Å². The van der Waals surface area contributed by atoms with Crippen molar-refractivity contribution < 1.29 is 17.9 Å². The van der Waals surface area contributed by atoms with Crippen LogP contribution >= 0.6 is 27.5 Å². The minimum atomic E-state index is -4.51. The summed E-state index contributed by atoms with van der Waals surface area (Å²) in [5.74, 6) is 0.539. The normalized spacial score (nSPS) is 11.5. The van der Waals surface area contributed by atoms with E-state index in [0.29, 0.717) is 5.75 Å². The molecule has 112 valence electrons. The standard InChI is InChI=1S/C15H11BrClF3O/c1-2-9-3-4-11(8-13(9)16)21-10-5-6-14(17)12(7-10)15(18,19)20/h3-8H,2H2,1H3. The zero-order valence-electron chi connectivity index (χ0n) is 11.0. The maximum atomic E-state index is 12.8. The van der Waals surface area contributed by atoms with Crippen LogP contribution in [0.15, 0.2) is 40.9 Å². The molecule has 2 aromatic rings. The minimum Gasteiger partial charge on any atom is -0.457 e. The fourth-order valence-electron chi connectivity index (χ4n) is 1.80. The lowest BCUT2D eigenvalue weighted by molar-refractivity contribution is -0.137. The van der Waals surface area contributed by atoms with E-state index >= 15 is 0 Å². The van der Waals surface area contributed by atoms with Crippen molar-refractivity contribution in [1.29, 1.82) is 0 Å². The first-order chi connectivity index (χ1) is 9.81. The number of benzene rings is 2. The van der Waals surface area contributed by atoms with Crippen LogP contribution < -0.4 is 4.74 Å². The van der Waals surface area contributed by atoms with E-state index in [0.717, 1.165) is 22.5 Å². The first-order valence-corrected chi connectivity index (χ1v) is 7.31. The van der Waals surface area contributed by atoms with E-state index in [-0.39, 0.29) is 10.8 Å². The van der Waals surface area contributed by atoms with E-state index in [1.165, 1.54) is 12.1 Å². The average Bonchev–Trinajstić information content (AvgIpc) is 2.40.